The van der Waals surface area contributed by atoms with E-state index >= 15 is 0 Å². The van der Waals surface area contributed by atoms with Gasteiger partial charge in [-0.05, 0) is 42.9 Å². The lowest BCUT2D eigenvalue weighted by molar-refractivity contribution is 0.167. The number of pyridine rings is 2. The minimum Gasteiger partial charge on any atom is -0.504 e. The summed E-state index contributed by atoms with van der Waals surface area (Å²) in [5, 5.41) is 31.2. The zero-order valence-electron chi connectivity index (χ0n) is 14.7. The Morgan fingerprint density at radius 1 is 1.43 bits per heavy atom. The van der Waals surface area contributed by atoms with E-state index in [0.29, 0.717) is 26.6 Å². The Hall–Kier alpha value is -3.30. The highest BCUT2D eigenvalue weighted by Crippen LogP contribution is 2.34. The number of nitriles is 1. The Morgan fingerprint density at radius 2 is 2.25 bits per heavy atom. The molecule has 0 bridgehead atoms. The molecular weight excluding hydrogens is 402 g/mol. The number of rotatable bonds is 5. The third-order valence-electron chi connectivity index (χ3n) is 3.33. The van der Waals surface area contributed by atoms with Gasteiger partial charge in [-0.2, -0.15) is 9.64 Å². The molecule has 2 N–H and O–H groups in total. The lowest BCUT2D eigenvalue weighted by atomic mass is 10.2. The van der Waals surface area contributed by atoms with Crippen LogP contribution in [0.3, 0.4) is 0 Å². The van der Waals surface area contributed by atoms with E-state index in [1.165, 1.54) is 23.9 Å². The summed E-state index contributed by atoms with van der Waals surface area (Å²) in [7, 11) is 0. The maximum atomic E-state index is 11.5. The standard InChI is InChI=1S/C16H13N7O3S2/c1-3-26-16(25)20-13-10(24)4-5-11(18-13)21-22-15-9-6-8(7-17)14(27-2)19-12(9)23-28-15/h4-6,24H,3H2,1-2H3,(H,18,20,25). The van der Waals surface area contributed by atoms with Crippen LogP contribution >= 0.6 is 23.3 Å². The van der Waals surface area contributed by atoms with Crippen molar-refractivity contribution in [1.82, 2.24) is 14.3 Å². The second-order valence-corrected chi connectivity index (χ2v) is 6.65. The number of carbonyl (C=O) groups is 1. The topological polar surface area (TPSA) is 146 Å². The maximum Gasteiger partial charge on any atom is 0.412 e. The molecule has 0 aliphatic carbocycles. The number of hydrogen-bond acceptors (Lipinski definition) is 11. The first-order chi connectivity index (χ1) is 13.5. The molecule has 0 atom stereocenters. The second kappa shape index (κ2) is 8.59. The Balaban J connectivity index is 1.90. The molecule has 12 heteroatoms. The molecule has 0 aromatic carbocycles. The molecule has 0 aliphatic heterocycles. The van der Waals surface area contributed by atoms with Crippen molar-refractivity contribution in [2.75, 3.05) is 18.2 Å². The molecule has 0 saturated heterocycles. The van der Waals surface area contributed by atoms with Gasteiger partial charge >= 0.3 is 6.09 Å². The van der Waals surface area contributed by atoms with E-state index in [0.717, 1.165) is 11.5 Å². The molecule has 1 amide bonds. The monoisotopic (exact) mass is 415 g/mol. The number of amides is 1. The normalized spacial score (nSPS) is 10.9. The Kier molecular flexibility index (Phi) is 5.97. The maximum absolute atomic E-state index is 11.5. The summed E-state index contributed by atoms with van der Waals surface area (Å²) in [6.07, 6.45) is 1.09. The van der Waals surface area contributed by atoms with Crippen LogP contribution in [-0.2, 0) is 4.74 Å². The van der Waals surface area contributed by atoms with Crippen molar-refractivity contribution in [3.8, 4) is 11.8 Å². The lowest BCUT2D eigenvalue weighted by Crippen LogP contribution is -2.14. The van der Waals surface area contributed by atoms with Gasteiger partial charge in [0, 0.05) is 0 Å². The molecule has 0 radical (unpaired) electrons. The van der Waals surface area contributed by atoms with Crippen LogP contribution in [0.5, 0.6) is 5.75 Å². The van der Waals surface area contributed by atoms with Gasteiger partial charge in [-0.1, -0.05) is 0 Å². The molecule has 0 unspecified atom stereocenters. The summed E-state index contributed by atoms with van der Waals surface area (Å²) in [6.45, 7) is 1.84. The average molecular weight is 415 g/mol. The molecule has 0 fully saturated rings. The number of hydrogen-bond donors (Lipinski definition) is 2. The van der Waals surface area contributed by atoms with Crippen molar-refractivity contribution >= 4 is 57.1 Å². The number of ether oxygens (including phenoxy) is 1. The van der Waals surface area contributed by atoms with Gasteiger partial charge in [-0.3, -0.25) is 5.32 Å². The molecule has 0 saturated carbocycles. The van der Waals surface area contributed by atoms with Crippen molar-refractivity contribution in [2.45, 2.75) is 11.9 Å². The van der Waals surface area contributed by atoms with Gasteiger partial charge < -0.3 is 9.84 Å². The van der Waals surface area contributed by atoms with Gasteiger partial charge in [-0.25, -0.2) is 14.8 Å². The summed E-state index contributed by atoms with van der Waals surface area (Å²) < 4.78 is 8.98. The van der Waals surface area contributed by atoms with E-state index in [2.05, 4.69) is 36.0 Å². The lowest BCUT2D eigenvalue weighted by Gasteiger charge is -2.06. The number of thioether (sulfide) groups is 1. The second-order valence-electron chi connectivity index (χ2n) is 5.10. The van der Waals surface area contributed by atoms with Gasteiger partial charge in [0.2, 0.25) is 0 Å². The summed E-state index contributed by atoms with van der Waals surface area (Å²) in [4.78, 5) is 19.9. The minimum atomic E-state index is -0.743. The number of anilines is 1. The van der Waals surface area contributed by atoms with Gasteiger partial charge in [0.1, 0.15) is 11.1 Å². The third kappa shape index (κ3) is 4.16. The molecular formula is C16H13N7O3S2. The largest absolute Gasteiger partial charge is 0.504 e. The number of carbonyl (C=O) groups excluding carboxylic acids is 1. The zero-order chi connectivity index (χ0) is 20.1. The van der Waals surface area contributed by atoms with Gasteiger partial charge in [0.15, 0.2) is 28.0 Å². The van der Waals surface area contributed by atoms with E-state index in [-0.39, 0.29) is 24.0 Å². The molecule has 28 heavy (non-hydrogen) atoms. The highest BCUT2D eigenvalue weighted by Gasteiger charge is 2.13. The number of aromatic nitrogens is 3. The molecule has 3 aromatic heterocycles. The van der Waals surface area contributed by atoms with Crippen LogP contribution in [0.4, 0.5) is 21.4 Å². The first-order valence-electron chi connectivity index (χ1n) is 7.85. The fraction of sp³-hybridized carbons (Fsp3) is 0.188. The predicted molar refractivity (Wildman–Crippen MR) is 105 cm³/mol. The first-order valence-corrected chi connectivity index (χ1v) is 9.85. The van der Waals surface area contributed by atoms with Crippen molar-refractivity contribution in [2.24, 2.45) is 10.2 Å². The van der Waals surface area contributed by atoms with Crippen molar-refractivity contribution in [3.05, 3.63) is 23.8 Å². The van der Waals surface area contributed by atoms with E-state index < -0.39 is 6.09 Å². The average Bonchev–Trinajstić information content (AvgIpc) is 3.09. The highest BCUT2D eigenvalue weighted by molar-refractivity contribution is 7.98. The van der Waals surface area contributed by atoms with Crippen LogP contribution in [0.25, 0.3) is 11.0 Å². The quantitative estimate of drug-likeness (QED) is 0.461. The highest BCUT2D eigenvalue weighted by atomic mass is 32.2. The molecule has 3 aromatic rings. The van der Waals surface area contributed by atoms with Crippen LogP contribution in [0.1, 0.15) is 12.5 Å². The van der Waals surface area contributed by atoms with Gasteiger partial charge in [-0.15, -0.1) is 22.0 Å². The smallest absolute Gasteiger partial charge is 0.412 e. The SMILES string of the molecule is CCOC(=O)Nc1nc(N=Nc2snc3nc(SC)c(C#N)cc23)ccc1O. The first kappa shape index (κ1) is 19.5. The molecule has 3 heterocycles. The van der Waals surface area contributed by atoms with Crippen LogP contribution in [-0.4, -0.2) is 38.4 Å². The Morgan fingerprint density at radius 3 is 2.96 bits per heavy atom. The van der Waals surface area contributed by atoms with Crippen LogP contribution in [0.15, 0.2) is 33.5 Å². The fourth-order valence-corrected chi connectivity index (χ4v) is 3.25. The van der Waals surface area contributed by atoms with Crippen molar-refractivity contribution in [3.63, 3.8) is 0 Å². The van der Waals surface area contributed by atoms with Crippen LogP contribution in [0.2, 0.25) is 0 Å². The summed E-state index contributed by atoms with van der Waals surface area (Å²) in [5.74, 6) is -0.176. The number of aromatic hydroxyl groups is 1. The number of fused-ring (bicyclic) bond motifs is 1. The molecule has 3 rings (SSSR count). The minimum absolute atomic E-state index is 0.0953. The summed E-state index contributed by atoms with van der Waals surface area (Å²) >= 11 is 2.45. The third-order valence-corrected chi connectivity index (χ3v) is 4.77. The number of azo groups is 1. The summed E-state index contributed by atoms with van der Waals surface area (Å²) in [6, 6.07) is 6.53. The summed E-state index contributed by atoms with van der Waals surface area (Å²) in [5.41, 5.74) is 0.908. The Labute approximate surface area is 167 Å². The van der Waals surface area contributed by atoms with Crippen LogP contribution < -0.4 is 5.32 Å². The Bertz CT molecular complexity index is 1110. The van der Waals surface area contributed by atoms with Gasteiger partial charge in [0.05, 0.1) is 17.6 Å². The van der Waals surface area contributed by atoms with Gasteiger partial charge in [0.25, 0.3) is 0 Å². The predicted octanol–water partition coefficient (Wildman–Crippen LogP) is 4.37. The van der Waals surface area contributed by atoms with Crippen molar-refractivity contribution < 1.29 is 14.6 Å². The van der Waals surface area contributed by atoms with Crippen LogP contribution in [0, 0.1) is 11.3 Å². The van der Waals surface area contributed by atoms with E-state index in [1.807, 2.05) is 6.26 Å². The molecule has 142 valence electrons. The van der Waals surface area contributed by atoms with E-state index in [1.54, 1.807) is 13.0 Å². The van der Waals surface area contributed by atoms with Crippen molar-refractivity contribution in [1.29, 1.82) is 5.26 Å². The zero-order valence-corrected chi connectivity index (χ0v) is 16.3. The fourth-order valence-electron chi connectivity index (χ4n) is 2.11. The number of nitrogens with one attached hydrogen (secondary N) is 1. The molecule has 10 nitrogen and oxygen atoms in total. The van der Waals surface area contributed by atoms with E-state index in [4.69, 9.17) is 4.74 Å². The molecule has 0 spiro atoms. The van der Waals surface area contributed by atoms with E-state index in [9.17, 15) is 15.2 Å². The number of nitrogens with zero attached hydrogens (tertiary/aromatic N) is 6. The molecule has 0 aliphatic rings.